The SMILES string of the molecule is CCOc1ccc(COc2ccc(NC(=O)c3ccc(COc4ccc5c(c4)CCC5)o3)cc2)cc1OCC. The fourth-order valence-corrected chi connectivity index (χ4v) is 4.55. The molecule has 0 saturated carbocycles. The summed E-state index contributed by atoms with van der Waals surface area (Å²) in [6.07, 6.45) is 3.44. The van der Waals surface area contributed by atoms with Gasteiger partial charge in [0.2, 0.25) is 0 Å². The first-order chi connectivity index (χ1) is 19.1. The molecule has 0 unspecified atom stereocenters. The topological polar surface area (TPSA) is 79.2 Å². The number of anilines is 1. The van der Waals surface area contributed by atoms with Crippen LogP contribution < -0.4 is 24.3 Å². The highest BCUT2D eigenvalue weighted by molar-refractivity contribution is 6.02. The number of carbonyl (C=O) groups excluding carboxylic acids is 1. The average molecular weight is 528 g/mol. The molecule has 1 aromatic heterocycles. The molecule has 0 saturated heterocycles. The minimum Gasteiger partial charge on any atom is -0.490 e. The van der Waals surface area contributed by atoms with Gasteiger partial charge in [-0.25, -0.2) is 0 Å². The van der Waals surface area contributed by atoms with Crippen molar-refractivity contribution in [2.45, 2.75) is 46.3 Å². The lowest BCUT2D eigenvalue weighted by molar-refractivity contribution is 0.0992. The zero-order valence-electron chi connectivity index (χ0n) is 22.3. The normalized spacial score (nSPS) is 12.1. The summed E-state index contributed by atoms with van der Waals surface area (Å²) in [5.74, 6) is 3.41. The number of amides is 1. The maximum absolute atomic E-state index is 12.7. The van der Waals surface area contributed by atoms with Gasteiger partial charge in [0.1, 0.15) is 30.5 Å². The van der Waals surface area contributed by atoms with Crippen molar-refractivity contribution in [2.24, 2.45) is 0 Å². The number of furan rings is 1. The van der Waals surface area contributed by atoms with Crippen LogP contribution in [0.3, 0.4) is 0 Å². The number of aryl methyl sites for hydroxylation is 2. The van der Waals surface area contributed by atoms with Crippen LogP contribution in [-0.2, 0) is 26.1 Å². The van der Waals surface area contributed by atoms with E-state index in [1.165, 1.54) is 17.5 Å². The monoisotopic (exact) mass is 527 g/mol. The molecule has 4 aromatic rings. The maximum atomic E-state index is 12.7. The molecule has 0 atom stereocenters. The van der Waals surface area contributed by atoms with Gasteiger partial charge < -0.3 is 28.7 Å². The fraction of sp³-hybridized carbons (Fsp3) is 0.281. The summed E-state index contributed by atoms with van der Waals surface area (Å²) in [6, 6.07) is 22.6. The first-order valence-electron chi connectivity index (χ1n) is 13.4. The molecule has 0 radical (unpaired) electrons. The summed E-state index contributed by atoms with van der Waals surface area (Å²) in [5, 5.41) is 2.85. The van der Waals surface area contributed by atoms with E-state index in [-0.39, 0.29) is 18.3 Å². The molecule has 39 heavy (non-hydrogen) atoms. The first-order valence-corrected chi connectivity index (χ1v) is 13.4. The van der Waals surface area contributed by atoms with E-state index in [1.807, 2.05) is 50.2 Å². The highest BCUT2D eigenvalue weighted by Gasteiger charge is 2.14. The minimum absolute atomic E-state index is 0.225. The Morgan fingerprint density at radius 1 is 0.744 bits per heavy atom. The largest absolute Gasteiger partial charge is 0.490 e. The summed E-state index contributed by atoms with van der Waals surface area (Å²) in [6.45, 7) is 5.65. The Balaban J connectivity index is 1.11. The number of ether oxygens (including phenoxy) is 4. The molecule has 0 aliphatic heterocycles. The molecule has 1 aliphatic carbocycles. The number of fused-ring (bicyclic) bond motifs is 1. The molecular formula is C32H33NO6. The van der Waals surface area contributed by atoms with Crippen LogP contribution >= 0.6 is 0 Å². The van der Waals surface area contributed by atoms with Crippen LogP contribution in [-0.4, -0.2) is 19.1 Å². The van der Waals surface area contributed by atoms with Gasteiger partial charge in [-0.3, -0.25) is 4.79 Å². The third kappa shape index (κ3) is 6.74. The van der Waals surface area contributed by atoms with Gasteiger partial charge in [-0.05, 0) is 110 Å². The summed E-state index contributed by atoms with van der Waals surface area (Å²) in [5.41, 5.74) is 4.37. The van der Waals surface area contributed by atoms with Crippen molar-refractivity contribution >= 4 is 11.6 Å². The molecule has 1 N–H and O–H groups in total. The highest BCUT2D eigenvalue weighted by atomic mass is 16.5. The van der Waals surface area contributed by atoms with Gasteiger partial charge in [0.05, 0.1) is 13.2 Å². The molecule has 0 spiro atoms. The first kappa shape index (κ1) is 26.2. The van der Waals surface area contributed by atoms with E-state index in [0.717, 1.165) is 29.9 Å². The third-order valence-corrected chi connectivity index (χ3v) is 6.46. The Labute approximate surface area is 228 Å². The minimum atomic E-state index is -0.328. The summed E-state index contributed by atoms with van der Waals surface area (Å²) >= 11 is 0. The zero-order chi connectivity index (χ0) is 27.0. The predicted molar refractivity (Wildman–Crippen MR) is 149 cm³/mol. The molecule has 7 nitrogen and oxygen atoms in total. The third-order valence-electron chi connectivity index (χ3n) is 6.46. The van der Waals surface area contributed by atoms with Gasteiger partial charge in [-0.15, -0.1) is 0 Å². The van der Waals surface area contributed by atoms with Gasteiger partial charge in [0.25, 0.3) is 5.91 Å². The molecule has 3 aromatic carbocycles. The lowest BCUT2D eigenvalue weighted by atomic mass is 10.1. The van der Waals surface area contributed by atoms with Gasteiger partial charge in [-0.2, -0.15) is 0 Å². The van der Waals surface area contributed by atoms with Crippen molar-refractivity contribution in [3.05, 3.63) is 101 Å². The van der Waals surface area contributed by atoms with Crippen LogP contribution in [0.2, 0.25) is 0 Å². The van der Waals surface area contributed by atoms with Crippen LogP contribution in [0, 0.1) is 0 Å². The summed E-state index contributed by atoms with van der Waals surface area (Å²) < 4.78 is 28.8. The number of carbonyl (C=O) groups is 1. The molecule has 1 aliphatic rings. The number of hydrogen-bond acceptors (Lipinski definition) is 6. The van der Waals surface area contributed by atoms with Crippen molar-refractivity contribution in [1.29, 1.82) is 0 Å². The second kappa shape index (κ2) is 12.4. The van der Waals surface area contributed by atoms with E-state index in [4.69, 9.17) is 23.4 Å². The lowest BCUT2D eigenvalue weighted by Gasteiger charge is -2.13. The number of nitrogens with one attached hydrogen (secondary N) is 1. The summed E-state index contributed by atoms with van der Waals surface area (Å²) in [7, 11) is 0. The number of rotatable bonds is 12. The second-order valence-corrected chi connectivity index (χ2v) is 9.25. The van der Waals surface area contributed by atoms with Crippen LogP contribution in [0.15, 0.2) is 77.2 Å². The zero-order valence-corrected chi connectivity index (χ0v) is 22.3. The molecule has 7 heteroatoms. The molecular weight excluding hydrogens is 494 g/mol. The van der Waals surface area contributed by atoms with Gasteiger partial charge in [0, 0.05) is 5.69 Å². The summed E-state index contributed by atoms with van der Waals surface area (Å²) in [4.78, 5) is 12.7. The van der Waals surface area contributed by atoms with Crippen LogP contribution in [0.5, 0.6) is 23.0 Å². The Morgan fingerprint density at radius 2 is 1.49 bits per heavy atom. The highest BCUT2D eigenvalue weighted by Crippen LogP contribution is 2.29. The molecule has 1 heterocycles. The number of hydrogen-bond donors (Lipinski definition) is 1. The van der Waals surface area contributed by atoms with E-state index in [0.29, 0.717) is 42.8 Å². The Morgan fingerprint density at radius 3 is 2.31 bits per heavy atom. The fourth-order valence-electron chi connectivity index (χ4n) is 4.55. The van der Waals surface area contributed by atoms with E-state index < -0.39 is 0 Å². The van der Waals surface area contributed by atoms with E-state index in [1.54, 1.807) is 24.3 Å². The van der Waals surface area contributed by atoms with E-state index in [2.05, 4.69) is 17.4 Å². The maximum Gasteiger partial charge on any atom is 0.291 e. The van der Waals surface area contributed by atoms with E-state index >= 15 is 0 Å². The molecule has 1 amide bonds. The standard InChI is InChI=1S/C32H33NO6/c1-3-35-29-16-8-22(18-31(29)36-4-2)20-37-26-13-10-25(11-14-26)33-32(34)30-17-15-28(39-30)21-38-27-12-9-23-6-5-7-24(23)19-27/h8-19H,3-7,20-21H2,1-2H3,(H,33,34). The van der Waals surface area contributed by atoms with Crippen molar-refractivity contribution in [2.75, 3.05) is 18.5 Å². The average Bonchev–Trinajstić information content (AvgIpc) is 3.63. The quantitative estimate of drug-likeness (QED) is 0.214. The molecule has 202 valence electrons. The van der Waals surface area contributed by atoms with Crippen LogP contribution in [0.25, 0.3) is 0 Å². The van der Waals surface area contributed by atoms with Crippen molar-refractivity contribution < 1.29 is 28.2 Å². The van der Waals surface area contributed by atoms with Crippen molar-refractivity contribution in [1.82, 2.24) is 0 Å². The van der Waals surface area contributed by atoms with E-state index in [9.17, 15) is 4.79 Å². The van der Waals surface area contributed by atoms with Gasteiger partial charge in [0.15, 0.2) is 17.3 Å². The van der Waals surface area contributed by atoms with Gasteiger partial charge >= 0.3 is 0 Å². The lowest BCUT2D eigenvalue weighted by Crippen LogP contribution is -2.10. The Hall–Kier alpha value is -4.39. The Bertz CT molecular complexity index is 1410. The van der Waals surface area contributed by atoms with Crippen LogP contribution in [0.1, 0.15) is 53.3 Å². The second-order valence-electron chi connectivity index (χ2n) is 9.25. The molecule has 0 fully saturated rings. The smallest absolute Gasteiger partial charge is 0.291 e. The van der Waals surface area contributed by atoms with Crippen LogP contribution in [0.4, 0.5) is 5.69 Å². The van der Waals surface area contributed by atoms with Crippen molar-refractivity contribution in [3.63, 3.8) is 0 Å². The van der Waals surface area contributed by atoms with Crippen molar-refractivity contribution in [3.8, 4) is 23.0 Å². The number of benzene rings is 3. The van der Waals surface area contributed by atoms with Gasteiger partial charge in [-0.1, -0.05) is 12.1 Å². The predicted octanol–water partition coefficient (Wildman–Crippen LogP) is 6.98. The Kier molecular flexibility index (Phi) is 8.36. The molecule has 5 rings (SSSR count). The molecule has 0 bridgehead atoms.